The van der Waals surface area contributed by atoms with Crippen LogP contribution in [0.5, 0.6) is 0 Å². The fraction of sp³-hybridized carbons (Fsp3) is 0.500. The quantitative estimate of drug-likeness (QED) is 0.773. The van der Waals surface area contributed by atoms with Gasteiger partial charge in [0.15, 0.2) is 6.10 Å². The molecule has 4 heteroatoms. The normalized spacial score (nSPS) is 18.2. The summed E-state index contributed by atoms with van der Waals surface area (Å²) in [5.41, 5.74) is 1.33. The van der Waals surface area contributed by atoms with Crippen molar-refractivity contribution in [3.8, 4) is 0 Å². The summed E-state index contributed by atoms with van der Waals surface area (Å²) in [5.74, 6) is -0.636. The molecule has 18 heavy (non-hydrogen) atoms. The Morgan fingerprint density at radius 3 is 2.78 bits per heavy atom. The molecular formula is C14H18O4. The van der Waals surface area contributed by atoms with Gasteiger partial charge >= 0.3 is 5.97 Å². The molecule has 2 N–H and O–H groups in total. The molecule has 1 aromatic rings. The van der Waals surface area contributed by atoms with Crippen molar-refractivity contribution in [1.29, 1.82) is 0 Å². The number of hydrogen-bond acceptors (Lipinski definition) is 4. The maximum Gasteiger partial charge on any atom is 0.339 e. The molecule has 0 spiro atoms. The fourth-order valence-corrected chi connectivity index (χ4v) is 2.08. The van der Waals surface area contributed by atoms with Gasteiger partial charge in [-0.3, -0.25) is 0 Å². The van der Waals surface area contributed by atoms with Crippen LogP contribution in [0.2, 0.25) is 0 Å². The molecule has 4 nitrogen and oxygen atoms in total. The van der Waals surface area contributed by atoms with Crippen molar-refractivity contribution in [2.45, 2.75) is 31.3 Å². The minimum absolute atomic E-state index is 0.103. The highest BCUT2D eigenvalue weighted by Crippen LogP contribution is 2.47. The van der Waals surface area contributed by atoms with Crippen molar-refractivity contribution in [3.63, 3.8) is 0 Å². The first kappa shape index (κ1) is 13.1. The van der Waals surface area contributed by atoms with Crippen molar-refractivity contribution in [2.24, 2.45) is 0 Å². The molecule has 0 aromatic heterocycles. The van der Waals surface area contributed by atoms with E-state index >= 15 is 0 Å². The van der Waals surface area contributed by atoms with Gasteiger partial charge in [0.1, 0.15) is 0 Å². The Balaban J connectivity index is 2.19. The summed E-state index contributed by atoms with van der Waals surface area (Å²) < 4.78 is 4.79. The third-order valence-electron chi connectivity index (χ3n) is 3.48. The molecule has 1 atom stereocenters. The van der Waals surface area contributed by atoms with Crippen molar-refractivity contribution in [1.82, 2.24) is 0 Å². The molecule has 1 fully saturated rings. The average molecular weight is 250 g/mol. The summed E-state index contributed by atoms with van der Waals surface area (Å²) in [6.07, 6.45) is 0.643. The third-order valence-corrected chi connectivity index (χ3v) is 3.48. The Labute approximate surface area is 106 Å². The second-order valence-electron chi connectivity index (χ2n) is 4.72. The molecule has 0 radical (unpaired) electrons. The average Bonchev–Trinajstić information content (AvgIpc) is 3.19. The van der Waals surface area contributed by atoms with Gasteiger partial charge in [0.2, 0.25) is 0 Å². The van der Waals surface area contributed by atoms with Gasteiger partial charge in [0.25, 0.3) is 0 Å². The molecule has 0 saturated heterocycles. The van der Waals surface area contributed by atoms with E-state index in [4.69, 9.17) is 4.74 Å². The predicted octanol–water partition coefficient (Wildman–Crippen LogP) is 1.31. The van der Waals surface area contributed by atoms with Crippen molar-refractivity contribution < 1.29 is 19.7 Å². The summed E-state index contributed by atoms with van der Waals surface area (Å²) in [6, 6.07) is 7.19. The van der Waals surface area contributed by atoms with E-state index in [0.717, 1.165) is 18.4 Å². The fourth-order valence-electron chi connectivity index (χ4n) is 2.08. The number of benzene rings is 1. The molecule has 98 valence electrons. The van der Waals surface area contributed by atoms with Gasteiger partial charge in [-0.05, 0) is 30.9 Å². The highest BCUT2D eigenvalue weighted by molar-refractivity contribution is 5.76. The van der Waals surface area contributed by atoms with E-state index in [1.165, 1.54) is 0 Å². The van der Waals surface area contributed by atoms with Crippen LogP contribution >= 0.6 is 0 Å². The lowest BCUT2D eigenvalue weighted by Gasteiger charge is -2.15. The van der Waals surface area contributed by atoms with E-state index in [9.17, 15) is 15.0 Å². The summed E-state index contributed by atoms with van der Waals surface area (Å²) in [6.45, 7) is 2.05. The lowest BCUT2D eigenvalue weighted by molar-refractivity contribution is -0.153. The van der Waals surface area contributed by atoms with Crippen molar-refractivity contribution in [3.05, 3.63) is 35.4 Å². The Morgan fingerprint density at radius 2 is 2.22 bits per heavy atom. The van der Waals surface area contributed by atoms with Gasteiger partial charge in [0, 0.05) is 5.41 Å². The first-order valence-electron chi connectivity index (χ1n) is 6.19. The van der Waals surface area contributed by atoms with Crippen molar-refractivity contribution >= 4 is 5.97 Å². The number of ether oxygens (including phenoxy) is 1. The van der Waals surface area contributed by atoms with Gasteiger partial charge in [-0.25, -0.2) is 4.79 Å². The molecule has 1 aromatic carbocycles. The lowest BCUT2D eigenvalue weighted by atomic mass is 9.94. The number of aliphatic hydroxyl groups excluding tert-OH is 2. The van der Waals surface area contributed by atoms with Crippen LogP contribution < -0.4 is 0 Å². The minimum Gasteiger partial charge on any atom is -0.464 e. The smallest absolute Gasteiger partial charge is 0.339 e. The molecule has 0 aliphatic heterocycles. The molecule has 1 aliphatic rings. The van der Waals surface area contributed by atoms with Crippen LogP contribution in [-0.4, -0.2) is 29.4 Å². The summed E-state index contributed by atoms with van der Waals surface area (Å²) in [4.78, 5) is 11.5. The highest BCUT2D eigenvalue weighted by Gasteiger charge is 2.43. The van der Waals surface area contributed by atoms with Crippen LogP contribution in [0.1, 0.15) is 37.0 Å². The molecule has 0 bridgehead atoms. The molecule has 2 rings (SSSR count). The number of carbonyl (C=O) groups is 1. The van der Waals surface area contributed by atoms with Crippen LogP contribution in [0, 0.1) is 0 Å². The van der Waals surface area contributed by atoms with E-state index in [-0.39, 0.29) is 18.6 Å². The SMILES string of the molecule is CCOC(=O)C(O)c1cccc(C2(CO)CC2)c1. The Morgan fingerprint density at radius 1 is 1.50 bits per heavy atom. The number of hydrogen-bond donors (Lipinski definition) is 2. The van der Waals surface area contributed by atoms with E-state index in [1.807, 2.05) is 6.07 Å². The zero-order valence-electron chi connectivity index (χ0n) is 10.4. The largest absolute Gasteiger partial charge is 0.464 e. The van der Waals surface area contributed by atoms with Crippen LogP contribution in [0.3, 0.4) is 0 Å². The Bertz CT molecular complexity index is 437. The molecule has 1 saturated carbocycles. The van der Waals surface area contributed by atoms with Crippen LogP contribution in [0.4, 0.5) is 0 Å². The number of carbonyl (C=O) groups excluding carboxylic acids is 1. The zero-order chi connectivity index (χ0) is 13.2. The zero-order valence-corrected chi connectivity index (χ0v) is 10.4. The van der Waals surface area contributed by atoms with Gasteiger partial charge in [-0.15, -0.1) is 0 Å². The van der Waals surface area contributed by atoms with Crippen LogP contribution in [0.25, 0.3) is 0 Å². The van der Waals surface area contributed by atoms with E-state index in [0.29, 0.717) is 5.56 Å². The Hall–Kier alpha value is -1.39. The molecular weight excluding hydrogens is 232 g/mol. The first-order chi connectivity index (χ1) is 8.63. The number of aliphatic hydroxyl groups is 2. The maximum atomic E-state index is 11.5. The molecule has 1 aliphatic carbocycles. The van der Waals surface area contributed by atoms with Gasteiger partial charge < -0.3 is 14.9 Å². The number of esters is 1. The first-order valence-corrected chi connectivity index (χ1v) is 6.19. The summed E-state index contributed by atoms with van der Waals surface area (Å²) in [5, 5.41) is 19.2. The third kappa shape index (κ3) is 2.40. The predicted molar refractivity (Wildman–Crippen MR) is 66.0 cm³/mol. The van der Waals surface area contributed by atoms with Gasteiger partial charge in [-0.1, -0.05) is 24.3 Å². The minimum atomic E-state index is -1.25. The lowest BCUT2D eigenvalue weighted by Crippen LogP contribution is -2.17. The standard InChI is InChI=1S/C14H18O4/c1-2-18-13(17)12(16)10-4-3-5-11(8-10)14(9-15)6-7-14/h3-5,8,12,15-16H,2,6-7,9H2,1H3. The van der Waals surface area contributed by atoms with E-state index in [1.54, 1.807) is 25.1 Å². The molecule has 1 unspecified atom stereocenters. The second-order valence-corrected chi connectivity index (χ2v) is 4.72. The maximum absolute atomic E-state index is 11.5. The van der Waals surface area contributed by atoms with E-state index < -0.39 is 12.1 Å². The van der Waals surface area contributed by atoms with Crippen molar-refractivity contribution in [2.75, 3.05) is 13.2 Å². The van der Waals surface area contributed by atoms with Gasteiger partial charge in [-0.2, -0.15) is 0 Å². The topological polar surface area (TPSA) is 66.8 Å². The summed E-state index contributed by atoms with van der Waals surface area (Å²) in [7, 11) is 0. The van der Waals surface area contributed by atoms with Crippen LogP contribution in [-0.2, 0) is 14.9 Å². The van der Waals surface area contributed by atoms with E-state index in [2.05, 4.69) is 0 Å². The van der Waals surface area contributed by atoms with Crippen LogP contribution in [0.15, 0.2) is 24.3 Å². The highest BCUT2D eigenvalue weighted by atomic mass is 16.5. The Kier molecular flexibility index (Phi) is 3.68. The molecule has 0 heterocycles. The summed E-state index contributed by atoms with van der Waals surface area (Å²) >= 11 is 0. The van der Waals surface area contributed by atoms with Gasteiger partial charge in [0.05, 0.1) is 13.2 Å². The monoisotopic (exact) mass is 250 g/mol. The second kappa shape index (κ2) is 5.08. The molecule has 0 amide bonds. The number of rotatable bonds is 5.